The lowest BCUT2D eigenvalue weighted by Crippen LogP contribution is -2.17. The molecule has 4 N–H and O–H groups in total. The van der Waals surface area contributed by atoms with Crippen LogP contribution >= 0.6 is 9.90 Å². The number of para-hydroxylation sites is 2. The average Bonchev–Trinajstić information content (AvgIpc) is 2.71. The van der Waals surface area contributed by atoms with E-state index in [1.165, 1.54) is 12.1 Å². The van der Waals surface area contributed by atoms with Gasteiger partial charge in [0.25, 0.3) is 0 Å². The Morgan fingerprint density at radius 2 is 0.852 bits per heavy atom. The molecule has 140 valence electrons. The van der Waals surface area contributed by atoms with E-state index in [2.05, 4.69) is 11.7 Å². The number of nitrogens with two attached hydrogens (primary N) is 2. The molecule has 27 heavy (non-hydrogen) atoms. The van der Waals surface area contributed by atoms with Crippen LogP contribution in [0.25, 0.3) is 0 Å². The molecular weight excluding hydrogens is 363 g/mol. The molecule has 6 nitrogen and oxygen atoms in total. The Kier molecular flexibility index (Phi) is 9.40. The molecule has 0 aromatic heterocycles. The average molecular weight is 384 g/mol. The highest BCUT2D eigenvalue weighted by Gasteiger charge is 2.20. The molecule has 0 heterocycles. The fourth-order valence-electron chi connectivity index (χ4n) is 2.14. The molecule has 3 aromatic rings. The van der Waals surface area contributed by atoms with E-state index in [1.54, 1.807) is 60.7 Å². The SMILES string of the molecule is NN.O=C(Oc1ccccc1)c1ccccc1C(=O)Oc1ccccc1.P. The number of rotatable bonds is 4. The quantitative estimate of drug-likeness (QED) is 0.236. The van der Waals surface area contributed by atoms with Crippen LogP contribution in [0.3, 0.4) is 0 Å². The van der Waals surface area contributed by atoms with Gasteiger partial charge < -0.3 is 9.47 Å². The molecule has 0 amide bonds. The number of carbonyl (C=O) groups excluding carboxylic acids is 2. The van der Waals surface area contributed by atoms with Crippen LogP contribution in [0.15, 0.2) is 84.9 Å². The van der Waals surface area contributed by atoms with E-state index in [9.17, 15) is 9.59 Å². The van der Waals surface area contributed by atoms with Crippen LogP contribution in [-0.2, 0) is 0 Å². The van der Waals surface area contributed by atoms with Gasteiger partial charge in [0.05, 0.1) is 11.1 Å². The molecular formula is C20H21N2O4P. The molecule has 1 unspecified atom stereocenters. The molecule has 0 bridgehead atoms. The third-order valence-electron chi connectivity index (χ3n) is 3.27. The van der Waals surface area contributed by atoms with Crippen molar-refractivity contribution < 1.29 is 19.1 Å². The Bertz CT molecular complexity index is 786. The van der Waals surface area contributed by atoms with Gasteiger partial charge in [-0.1, -0.05) is 48.5 Å². The highest BCUT2D eigenvalue weighted by molar-refractivity contribution is 6.92. The van der Waals surface area contributed by atoms with Crippen molar-refractivity contribution >= 4 is 21.8 Å². The number of hydrogen-bond acceptors (Lipinski definition) is 6. The Balaban J connectivity index is 0.00000118. The van der Waals surface area contributed by atoms with Crippen LogP contribution in [0.4, 0.5) is 0 Å². The largest absolute Gasteiger partial charge is 0.423 e. The fourth-order valence-corrected chi connectivity index (χ4v) is 2.14. The lowest BCUT2D eigenvalue weighted by Gasteiger charge is -2.09. The number of carbonyl (C=O) groups is 2. The topological polar surface area (TPSA) is 105 Å². The highest BCUT2D eigenvalue weighted by Crippen LogP contribution is 2.17. The van der Waals surface area contributed by atoms with E-state index in [1.807, 2.05) is 12.1 Å². The zero-order valence-electron chi connectivity index (χ0n) is 14.6. The zero-order chi connectivity index (χ0) is 18.8. The molecule has 3 rings (SSSR count). The second kappa shape index (κ2) is 11.5. The number of hydrogen-bond donors (Lipinski definition) is 2. The smallest absolute Gasteiger partial charge is 0.344 e. The third kappa shape index (κ3) is 6.31. The molecule has 0 radical (unpaired) electrons. The van der Waals surface area contributed by atoms with E-state index in [0.29, 0.717) is 11.5 Å². The molecule has 0 saturated heterocycles. The first-order valence-electron chi connectivity index (χ1n) is 7.71. The van der Waals surface area contributed by atoms with Crippen molar-refractivity contribution in [2.45, 2.75) is 0 Å². The zero-order valence-corrected chi connectivity index (χ0v) is 16.0. The van der Waals surface area contributed by atoms with Gasteiger partial charge in [0, 0.05) is 0 Å². The van der Waals surface area contributed by atoms with Gasteiger partial charge in [0.1, 0.15) is 11.5 Å². The van der Waals surface area contributed by atoms with Gasteiger partial charge >= 0.3 is 11.9 Å². The third-order valence-corrected chi connectivity index (χ3v) is 3.27. The van der Waals surface area contributed by atoms with Crippen molar-refractivity contribution in [2.24, 2.45) is 11.7 Å². The number of hydrazine groups is 1. The van der Waals surface area contributed by atoms with E-state index in [0.717, 1.165) is 0 Å². The first-order valence-corrected chi connectivity index (χ1v) is 7.71. The van der Waals surface area contributed by atoms with E-state index in [-0.39, 0.29) is 21.0 Å². The van der Waals surface area contributed by atoms with Gasteiger partial charge in [-0.25, -0.2) is 9.59 Å². The van der Waals surface area contributed by atoms with Crippen LogP contribution in [0.2, 0.25) is 0 Å². The first kappa shape index (κ1) is 22.0. The Labute approximate surface area is 160 Å². The monoisotopic (exact) mass is 384 g/mol. The van der Waals surface area contributed by atoms with Crippen molar-refractivity contribution in [3.05, 3.63) is 96.1 Å². The Morgan fingerprint density at radius 3 is 1.19 bits per heavy atom. The Hall–Kier alpha value is -3.05. The Morgan fingerprint density at radius 1 is 0.556 bits per heavy atom. The molecule has 0 saturated carbocycles. The molecule has 1 atom stereocenters. The van der Waals surface area contributed by atoms with Crippen LogP contribution in [0, 0.1) is 0 Å². The predicted molar refractivity (Wildman–Crippen MR) is 109 cm³/mol. The van der Waals surface area contributed by atoms with Crippen molar-refractivity contribution in [3.8, 4) is 11.5 Å². The molecule has 0 aliphatic heterocycles. The summed E-state index contributed by atoms with van der Waals surface area (Å²) in [4.78, 5) is 24.7. The second-order valence-corrected chi connectivity index (χ2v) is 4.95. The summed E-state index contributed by atoms with van der Waals surface area (Å²) >= 11 is 0. The van der Waals surface area contributed by atoms with Gasteiger partial charge in [-0.15, -0.1) is 0 Å². The summed E-state index contributed by atoms with van der Waals surface area (Å²) in [6, 6.07) is 23.8. The van der Waals surface area contributed by atoms with Crippen molar-refractivity contribution in [1.82, 2.24) is 0 Å². The van der Waals surface area contributed by atoms with E-state index in [4.69, 9.17) is 9.47 Å². The number of esters is 2. The van der Waals surface area contributed by atoms with Gasteiger partial charge in [-0.3, -0.25) is 11.7 Å². The summed E-state index contributed by atoms with van der Waals surface area (Å²) in [5.74, 6) is 7.60. The normalized spacial score (nSPS) is 9.11. The summed E-state index contributed by atoms with van der Waals surface area (Å²) in [6.45, 7) is 0. The van der Waals surface area contributed by atoms with Crippen molar-refractivity contribution in [1.29, 1.82) is 0 Å². The molecule has 3 aromatic carbocycles. The maximum absolute atomic E-state index is 12.4. The minimum absolute atomic E-state index is 0. The lowest BCUT2D eigenvalue weighted by atomic mass is 10.1. The molecule has 0 aliphatic rings. The molecule has 0 fully saturated rings. The maximum atomic E-state index is 12.4. The van der Waals surface area contributed by atoms with E-state index >= 15 is 0 Å². The summed E-state index contributed by atoms with van der Waals surface area (Å²) in [7, 11) is 0. The minimum atomic E-state index is -0.609. The standard InChI is InChI=1S/C20H14O4.H4N2.H3P/c21-19(23-15-9-3-1-4-10-15)17-13-7-8-14-18(17)20(22)24-16-11-5-2-6-12-16;1-2;/h1-14H;1-2H2;1H3. The van der Waals surface area contributed by atoms with Gasteiger partial charge in [-0.2, -0.15) is 9.90 Å². The van der Waals surface area contributed by atoms with Gasteiger partial charge in [0.2, 0.25) is 0 Å². The first-order chi connectivity index (χ1) is 12.7. The fraction of sp³-hybridized carbons (Fsp3) is 0. The van der Waals surface area contributed by atoms with Crippen LogP contribution in [-0.4, -0.2) is 11.9 Å². The lowest BCUT2D eigenvalue weighted by molar-refractivity contribution is 0.0692. The summed E-state index contributed by atoms with van der Waals surface area (Å²) < 4.78 is 10.6. The minimum Gasteiger partial charge on any atom is -0.423 e. The second-order valence-electron chi connectivity index (χ2n) is 4.95. The summed E-state index contributed by atoms with van der Waals surface area (Å²) in [5.41, 5.74) is 0.310. The van der Waals surface area contributed by atoms with E-state index < -0.39 is 11.9 Å². The number of benzene rings is 3. The summed E-state index contributed by atoms with van der Waals surface area (Å²) in [5, 5.41) is 0. The van der Waals surface area contributed by atoms with Crippen LogP contribution in [0.5, 0.6) is 11.5 Å². The van der Waals surface area contributed by atoms with Gasteiger partial charge in [-0.05, 0) is 36.4 Å². The van der Waals surface area contributed by atoms with Crippen molar-refractivity contribution in [2.75, 3.05) is 0 Å². The number of ether oxygens (including phenoxy) is 2. The van der Waals surface area contributed by atoms with Crippen LogP contribution in [0.1, 0.15) is 20.7 Å². The molecule has 0 aliphatic carbocycles. The predicted octanol–water partition coefficient (Wildman–Crippen LogP) is 3.00. The summed E-state index contributed by atoms with van der Waals surface area (Å²) in [6.07, 6.45) is 0. The van der Waals surface area contributed by atoms with Gasteiger partial charge in [0.15, 0.2) is 0 Å². The van der Waals surface area contributed by atoms with Crippen LogP contribution < -0.4 is 21.2 Å². The maximum Gasteiger partial charge on any atom is 0.344 e. The molecule has 0 spiro atoms. The highest BCUT2D eigenvalue weighted by atomic mass is 31.0. The van der Waals surface area contributed by atoms with Crippen molar-refractivity contribution in [3.63, 3.8) is 0 Å². The molecule has 7 heteroatoms.